The molecule has 0 atom stereocenters. The van der Waals surface area contributed by atoms with Crippen LogP contribution < -0.4 is 0 Å². The first-order chi connectivity index (χ1) is 2.39. The normalized spacial score (nSPS) is 20.6. The van der Waals surface area contributed by atoms with Crippen molar-refractivity contribution in [2.45, 2.75) is 12.8 Å². The molecule has 1 heteroatoms. The number of hydrogen-bond donors (Lipinski definition) is 0. The summed E-state index contributed by atoms with van der Waals surface area (Å²) < 4.78 is 0. The fourth-order valence-electron chi connectivity index (χ4n) is 0.219. The van der Waals surface area contributed by atoms with Gasteiger partial charge in [0.2, 0.25) is 0 Å². The highest BCUT2D eigenvalue weighted by Gasteiger charge is 1.98. The van der Waals surface area contributed by atoms with E-state index in [1.165, 1.54) is 0 Å². The Bertz CT molecular complexity index is 64.0. The summed E-state index contributed by atoms with van der Waals surface area (Å²) in [6.45, 7) is 0. The summed E-state index contributed by atoms with van der Waals surface area (Å²) in [5, 5.41) is 0.907. The summed E-state index contributed by atoms with van der Waals surface area (Å²) in [4.78, 5) is 0. The van der Waals surface area contributed by atoms with Crippen LogP contribution >= 0.6 is 11.6 Å². The van der Waals surface area contributed by atoms with E-state index >= 15 is 0 Å². The molecule has 0 aromatic heterocycles. The Balaban J connectivity index is 2.51. The van der Waals surface area contributed by atoms with Crippen molar-refractivity contribution in [2.24, 2.45) is 0 Å². The molecule has 1 radical (unpaired) electrons. The van der Waals surface area contributed by atoms with Gasteiger partial charge < -0.3 is 0 Å². The lowest BCUT2D eigenvalue weighted by atomic mass is 10.1. The van der Waals surface area contributed by atoms with Crippen LogP contribution in [0.2, 0.25) is 0 Å². The largest absolute Gasteiger partial charge is 0.0888 e. The number of rotatable bonds is 0. The summed E-state index contributed by atoms with van der Waals surface area (Å²) in [5.74, 6) is 0. The molecule has 0 nitrogen and oxygen atoms in total. The quantitative estimate of drug-likeness (QED) is 0.422. The molecule has 0 saturated heterocycles. The molecule has 0 heterocycles. The van der Waals surface area contributed by atoms with Gasteiger partial charge in [0.1, 0.15) is 0 Å². The minimum atomic E-state index is 0.907. The summed E-state index contributed by atoms with van der Waals surface area (Å²) in [7, 11) is 0. The van der Waals surface area contributed by atoms with Crippen molar-refractivity contribution in [1.82, 2.24) is 0 Å². The summed E-state index contributed by atoms with van der Waals surface area (Å²) in [5.41, 5.74) is 0. The van der Waals surface area contributed by atoms with E-state index in [0.29, 0.717) is 0 Å². The summed E-state index contributed by atoms with van der Waals surface area (Å²) in [6.07, 6.45) is 5.02. The molecule has 27 valence electrons. The third-order valence-electron chi connectivity index (χ3n) is 0.661. The monoisotopic (exact) mass is 87.0 g/mol. The Morgan fingerprint density at radius 1 is 1.80 bits per heavy atom. The molecule has 0 fully saturated rings. The number of hydrogen-bond acceptors (Lipinski definition) is 0. The van der Waals surface area contributed by atoms with Crippen LogP contribution in [0.25, 0.3) is 0 Å². The van der Waals surface area contributed by atoms with Gasteiger partial charge in [-0.25, -0.2) is 0 Å². The minimum absolute atomic E-state index is 0.907. The van der Waals surface area contributed by atoms with Gasteiger partial charge in [0, 0.05) is 5.03 Å². The highest BCUT2D eigenvalue weighted by atomic mass is 35.5. The molecular weight excluding hydrogens is 83.5 g/mol. The van der Waals surface area contributed by atoms with Gasteiger partial charge in [-0.05, 0) is 18.9 Å². The van der Waals surface area contributed by atoms with Gasteiger partial charge in [-0.15, -0.1) is 0 Å². The van der Waals surface area contributed by atoms with Crippen molar-refractivity contribution in [3.8, 4) is 0 Å². The molecule has 0 unspecified atom stereocenters. The maximum atomic E-state index is 5.35. The second-order valence-electron chi connectivity index (χ2n) is 1.08. The molecule has 0 bridgehead atoms. The van der Waals surface area contributed by atoms with Crippen LogP contribution in [0.15, 0.2) is 5.03 Å². The summed E-state index contributed by atoms with van der Waals surface area (Å²) in [6, 6.07) is 0. The molecule has 0 aliphatic heterocycles. The van der Waals surface area contributed by atoms with Gasteiger partial charge >= 0.3 is 0 Å². The maximum Gasteiger partial charge on any atom is 0.0219 e. The van der Waals surface area contributed by atoms with E-state index in [1.54, 1.807) is 0 Å². The van der Waals surface area contributed by atoms with E-state index in [9.17, 15) is 0 Å². The molecule has 1 aliphatic carbocycles. The van der Waals surface area contributed by atoms with Crippen molar-refractivity contribution >= 4 is 11.6 Å². The van der Waals surface area contributed by atoms with Crippen molar-refractivity contribution in [3.63, 3.8) is 0 Å². The van der Waals surface area contributed by atoms with Crippen LogP contribution in [0.1, 0.15) is 12.8 Å². The van der Waals surface area contributed by atoms with Gasteiger partial charge in [0.15, 0.2) is 0 Å². The smallest absolute Gasteiger partial charge is 0.0219 e. The van der Waals surface area contributed by atoms with E-state index in [2.05, 4.69) is 6.08 Å². The van der Waals surface area contributed by atoms with E-state index in [0.717, 1.165) is 17.9 Å². The predicted molar refractivity (Wildman–Crippen MR) is 21.8 cm³/mol. The molecule has 0 N–H and O–H groups in total. The molecular formula is C4H4Cl. The first kappa shape index (κ1) is 3.23. The maximum absolute atomic E-state index is 5.35. The highest BCUT2D eigenvalue weighted by Crippen LogP contribution is 2.19. The third kappa shape index (κ3) is 0.457. The average Bonchev–Trinajstić information content (AvgIpc) is 1.30. The van der Waals surface area contributed by atoms with E-state index in [-0.39, 0.29) is 0 Å². The Hall–Kier alpha value is 0.0300. The van der Waals surface area contributed by atoms with Crippen molar-refractivity contribution in [1.29, 1.82) is 0 Å². The first-order valence-electron chi connectivity index (χ1n) is 1.65. The van der Waals surface area contributed by atoms with E-state index in [1.807, 2.05) is 0 Å². The van der Waals surface area contributed by atoms with Gasteiger partial charge in [-0.3, -0.25) is 0 Å². The molecule has 0 amide bonds. The molecule has 0 aromatic rings. The number of allylic oxidation sites excluding steroid dienone is 2. The van der Waals surface area contributed by atoms with Crippen LogP contribution in [0, 0.1) is 6.08 Å². The summed E-state index contributed by atoms with van der Waals surface area (Å²) >= 11 is 5.35. The average molecular weight is 87.5 g/mol. The molecule has 5 heavy (non-hydrogen) atoms. The Kier molecular flexibility index (Phi) is 0.657. The fraction of sp³-hybridized carbons (Fsp3) is 0.500. The lowest BCUT2D eigenvalue weighted by Crippen LogP contribution is -1.83. The molecule has 0 saturated carbocycles. The lowest BCUT2D eigenvalue weighted by Gasteiger charge is -2.01. The zero-order valence-corrected chi connectivity index (χ0v) is 3.55. The Labute approximate surface area is 36.4 Å². The fourth-order valence-corrected chi connectivity index (χ4v) is 0.408. The highest BCUT2D eigenvalue weighted by molar-refractivity contribution is 6.29. The second-order valence-corrected chi connectivity index (χ2v) is 1.54. The van der Waals surface area contributed by atoms with Crippen LogP contribution in [0.5, 0.6) is 0 Å². The zero-order valence-electron chi connectivity index (χ0n) is 2.79. The van der Waals surface area contributed by atoms with Gasteiger partial charge in [-0.1, -0.05) is 11.6 Å². The Morgan fingerprint density at radius 3 is 2.20 bits per heavy atom. The topological polar surface area (TPSA) is 0 Å². The van der Waals surface area contributed by atoms with E-state index < -0.39 is 0 Å². The van der Waals surface area contributed by atoms with Crippen LogP contribution in [0.4, 0.5) is 0 Å². The molecule has 1 aliphatic rings. The minimum Gasteiger partial charge on any atom is -0.0888 e. The Morgan fingerprint density at radius 2 is 2.20 bits per heavy atom. The third-order valence-corrected chi connectivity index (χ3v) is 0.984. The standard InChI is InChI=1S/C4H4Cl/c5-4-2-1-3-4/h1-2H2. The SMILES string of the molecule is ClC1=[C]CC1. The van der Waals surface area contributed by atoms with Crippen LogP contribution in [0.3, 0.4) is 0 Å². The molecule has 1 rings (SSSR count). The van der Waals surface area contributed by atoms with E-state index in [4.69, 9.17) is 11.6 Å². The molecule has 0 aromatic carbocycles. The predicted octanol–water partition coefficient (Wildman–Crippen LogP) is 1.71. The van der Waals surface area contributed by atoms with Crippen molar-refractivity contribution in [3.05, 3.63) is 11.1 Å². The molecule has 0 spiro atoms. The van der Waals surface area contributed by atoms with Crippen molar-refractivity contribution in [2.75, 3.05) is 0 Å². The van der Waals surface area contributed by atoms with Crippen LogP contribution in [-0.4, -0.2) is 0 Å². The lowest BCUT2D eigenvalue weighted by molar-refractivity contribution is 0.904. The second kappa shape index (κ2) is 1.02. The van der Waals surface area contributed by atoms with Gasteiger partial charge in [-0.2, -0.15) is 0 Å². The zero-order chi connectivity index (χ0) is 3.70. The number of halogens is 1. The van der Waals surface area contributed by atoms with Gasteiger partial charge in [0.25, 0.3) is 0 Å². The first-order valence-corrected chi connectivity index (χ1v) is 2.02. The van der Waals surface area contributed by atoms with Crippen LogP contribution in [-0.2, 0) is 0 Å². The van der Waals surface area contributed by atoms with Crippen molar-refractivity contribution < 1.29 is 0 Å². The van der Waals surface area contributed by atoms with Gasteiger partial charge in [0.05, 0.1) is 0 Å².